The molecule has 0 radical (unpaired) electrons. The number of carbonyl (C=O) groups is 2. The summed E-state index contributed by atoms with van der Waals surface area (Å²) in [5.74, 6) is -2.46. The van der Waals surface area contributed by atoms with Crippen molar-refractivity contribution in [1.82, 2.24) is 24.8 Å². The SMILES string of the molecule is COC(=O)c1ccc(Nc2ncc3cc(C=CCNC(=O)c4cncn(Cc5ccc(F)c(F)c5)c4=O)ccc3n2)cc1OC. The van der Waals surface area contributed by atoms with Gasteiger partial charge in [-0.05, 0) is 47.5 Å². The van der Waals surface area contributed by atoms with Crippen molar-refractivity contribution in [2.45, 2.75) is 6.54 Å². The summed E-state index contributed by atoms with van der Waals surface area (Å²) in [6, 6.07) is 13.8. The summed E-state index contributed by atoms with van der Waals surface area (Å²) >= 11 is 0. The summed E-state index contributed by atoms with van der Waals surface area (Å²) in [6.45, 7) is 0.0537. The smallest absolute Gasteiger partial charge is 0.341 e. The molecule has 45 heavy (non-hydrogen) atoms. The second-order valence-corrected chi connectivity index (χ2v) is 9.64. The van der Waals surface area contributed by atoms with Gasteiger partial charge in [0.2, 0.25) is 5.95 Å². The first-order valence-corrected chi connectivity index (χ1v) is 13.5. The number of hydrogen-bond acceptors (Lipinski definition) is 9. The number of nitrogens with zero attached hydrogens (tertiary/aromatic N) is 4. The Labute approximate surface area is 255 Å². The molecule has 13 heteroatoms. The standard InChI is InChI=1S/C32H26F2N6O5/c1-44-28-14-22(7-8-23(28)31(43)45-2)38-32-37-15-21-12-19(6-10-27(21)39-32)4-3-11-36-29(41)24-16-35-18-40(30(24)42)17-20-5-9-25(33)26(34)13-20/h3-10,12-16,18H,11,17H2,1-2H3,(H,36,41)(H,37,38,39). The predicted molar refractivity (Wildman–Crippen MR) is 162 cm³/mol. The molecule has 0 aliphatic rings. The van der Waals surface area contributed by atoms with Crippen LogP contribution in [0.3, 0.4) is 0 Å². The number of halogens is 2. The number of fused-ring (bicyclic) bond motifs is 1. The van der Waals surface area contributed by atoms with E-state index in [1.807, 2.05) is 18.2 Å². The van der Waals surface area contributed by atoms with Crippen LogP contribution in [0.1, 0.15) is 31.8 Å². The van der Waals surface area contributed by atoms with Crippen molar-refractivity contribution in [1.29, 1.82) is 0 Å². The van der Waals surface area contributed by atoms with Crippen LogP contribution in [0.5, 0.6) is 5.75 Å². The molecule has 5 aromatic rings. The van der Waals surface area contributed by atoms with Gasteiger partial charge in [-0.1, -0.05) is 24.3 Å². The molecule has 0 spiro atoms. The Hall–Kier alpha value is -5.98. The minimum atomic E-state index is -1.03. The van der Waals surface area contributed by atoms with Crippen molar-refractivity contribution < 1.29 is 27.8 Å². The number of ether oxygens (including phenoxy) is 2. The van der Waals surface area contributed by atoms with Gasteiger partial charge in [0.1, 0.15) is 16.9 Å². The quantitative estimate of drug-likeness (QED) is 0.219. The van der Waals surface area contributed by atoms with Gasteiger partial charge in [0, 0.05) is 36.1 Å². The molecule has 0 fully saturated rings. The summed E-state index contributed by atoms with van der Waals surface area (Å²) in [7, 11) is 2.75. The van der Waals surface area contributed by atoms with E-state index in [2.05, 4.69) is 25.6 Å². The lowest BCUT2D eigenvalue weighted by molar-refractivity contribution is 0.0597. The first kappa shape index (κ1) is 30.5. The molecule has 11 nitrogen and oxygen atoms in total. The van der Waals surface area contributed by atoms with E-state index < -0.39 is 29.1 Å². The van der Waals surface area contributed by atoms with Crippen molar-refractivity contribution >= 4 is 40.5 Å². The maximum Gasteiger partial charge on any atom is 0.341 e. The molecule has 2 aromatic heterocycles. The van der Waals surface area contributed by atoms with Gasteiger partial charge in [-0.3, -0.25) is 14.2 Å². The number of amides is 1. The first-order chi connectivity index (χ1) is 21.7. The number of nitrogens with one attached hydrogen (secondary N) is 2. The largest absolute Gasteiger partial charge is 0.496 e. The van der Waals surface area contributed by atoms with Crippen molar-refractivity contribution in [3.05, 3.63) is 124 Å². The topological polar surface area (TPSA) is 137 Å². The maximum absolute atomic E-state index is 13.5. The summed E-state index contributed by atoms with van der Waals surface area (Å²) < 4.78 is 38.0. The highest BCUT2D eigenvalue weighted by Gasteiger charge is 2.15. The summed E-state index contributed by atoms with van der Waals surface area (Å²) in [4.78, 5) is 50.2. The van der Waals surface area contributed by atoms with Crippen LogP contribution in [0.25, 0.3) is 17.0 Å². The zero-order chi connectivity index (χ0) is 31.9. The van der Waals surface area contributed by atoms with Gasteiger partial charge in [-0.2, -0.15) is 0 Å². The molecule has 0 aliphatic carbocycles. The lowest BCUT2D eigenvalue weighted by Gasteiger charge is -2.10. The number of anilines is 2. The van der Waals surface area contributed by atoms with Gasteiger partial charge in [0.05, 0.1) is 32.6 Å². The zero-order valence-corrected chi connectivity index (χ0v) is 24.1. The molecule has 2 heterocycles. The van der Waals surface area contributed by atoms with E-state index in [-0.39, 0.29) is 18.7 Å². The molecular formula is C32H26F2N6O5. The Morgan fingerprint density at radius 2 is 1.82 bits per heavy atom. The molecule has 0 unspecified atom stereocenters. The van der Waals surface area contributed by atoms with E-state index in [4.69, 9.17) is 9.47 Å². The van der Waals surface area contributed by atoms with Crippen LogP contribution in [0.4, 0.5) is 20.4 Å². The molecule has 0 saturated heterocycles. The first-order valence-electron chi connectivity index (χ1n) is 13.5. The number of methoxy groups -OCH3 is 2. The highest BCUT2D eigenvalue weighted by Crippen LogP contribution is 2.26. The Morgan fingerprint density at radius 3 is 2.60 bits per heavy atom. The molecule has 0 aliphatic heterocycles. The number of hydrogen-bond donors (Lipinski definition) is 2. The van der Waals surface area contributed by atoms with Gasteiger partial charge in [0.15, 0.2) is 11.6 Å². The van der Waals surface area contributed by atoms with E-state index in [0.717, 1.165) is 33.8 Å². The van der Waals surface area contributed by atoms with Crippen LogP contribution in [0.2, 0.25) is 0 Å². The predicted octanol–water partition coefficient (Wildman–Crippen LogP) is 4.50. The van der Waals surface area contributed by atoms with Crippen molar-refractivity contribution in [2.24, 2.45) is 0 Å². The fraction of sp³-hybridized carbons (Fsp3) is 0.125. The highest BCUT2D eigenvalue weighted by atomic mass is 19.2. The third kappa shape index (κ3) is 7.16. The van der Waals surface area contributed by atoms with Gasteiger partial charge >= 0.3 is 5.97 Å². The minimum absolute atomic E-state index is 0.0772. The van der Waals surface area contributed by atoms with Crippen molar-refractivity contribution in [3.8, 4) is 5.75 Å². The van der Waals surface area contributed by atoms with Crippen molar-refractivity contribution in [2.75, 3.05) is 26.1 Å². The fourth-order valence-corrected chi connectivity index (χ4v) is 4.39. The second-order valence-electron chi connectivity index (χ2n) is 9.64. The number of aromatic nitrogens is 4. The average Bonchev–Trinajstić information content (AvgIpc) is 3.05. The molecular weight excluding hydrogens is 586 g/mol. The van der Waals surface area contributed by atoms with Gasteiger partial charge < -0.3 is 20.1 Å². The number of benzene rings is 3. The number of rotatable bonds is 10. The third-order valence-electron chi connectivity index (χ3n) is 6.64. The Kier molecular flexibility index (Phi) is 9.17. The summed E-state index contributed by atoms with van der Waals surface area (Å²) in [5.41, 5.74) is 1.98. The molecule has 5 rings (SSSR count). The Bertz CT molecular complexity index is 2000. The molecule has 0 saturated carbocycles. The number of esters is 1. The third-order valence-corrected chi connectivity index (χ3v) is 6.64. The van der Waals surface area contributed by atoms with Crippen LogP contribution in [0.15, 0.2) is 84.2 Å². The van der Waals surface area contributed by atoms with E-state index in [1.54, 1.807) is 36.5 Å². The van der Waals surface area contributed by atoms with Crippen LogP contribution in [-0.2, 0) is 11.3 Å². The monoisotopic (exact) mass is 612 g/mol. The van der Waals surface area contributed by atoms with E-state index in [0.29, 0.717) is 34.0 Å². The second kappa shape index (κ2) is 13.5. The Balaban J connectivity index is 1.20. The van der Waals surface area contributed by atoms with Gasteiger partial charge in [0.25, 0.3) is 11.5 Å². The molecule has 0 bridgehead atoms. The Morgan fingerprint density at radius 1 is 0.978 bits per heavy atom. The average molecular weight is 613 g/mol. The molecule has 2 N–H and O–H groups in total. The van der Waals surface area contributed by atoms with Crippen LogP contribution < -0.4 is 20.9 Å². The number of carbonyl (C=O) groups excluding carboxylic acids is 2. The maximum atomic E-state index is 13.5. The molecule has 3 aromatic carbocycles. The lowest BCUT2D eigenvalue weighted by atomic mass is 10.1. The fourth-order valence-electron chi connectivity index (χ4n) is 4.39. The van der Waals surface area contributed by atoms with Crippen LogP contribution >= 0.6 is 0 Å². The zero-order valence-electron chi connectivity index (χ0n) is 24.1. The lowest BCUT2D eigenvalue weighted by Crippen LogP contribution is -2.33. The molecule has 0 atom stereocenters. The van der Waals surface area contributed by atoms with Gasteiger partial charge in [-0.15, -0.1) is 0 Å². The van der Waals surface area contributed by atoms with Crippen LogP contribution in [0, 0.1) is 11.6 Å². The summed E-state index contributed by atoms with van der Waals surface area (Å²) in [6.07, 6.45) is 7.56. The highest BCUT2D eigenvalue weighted by molar-refractivity contribution is 5.94. The van der Waals surface area contributed by atoms with E-state index in [9.17, 15) is 23.2 Å². The van der Waals surface area contributed by atoms with Gasteiger partial charge in [-0.25, -0.2) is 28.5 Å². The summed E-state index contributed by atoms with van der Waals surface area (Å²) in [5, 5.41) is 6.52. The van der Waals surface area contributed by atoms with Crippen molar-refractivity contribution in [3.63, 3.8) is 0 Å². The molecule has 228 valence electrons. The normalized spacial score (nSPS) is 11.0. The van der Waals surface area contributed by atoms with E-state index >= 15 is 0 Å². The van der Waals surface area contributed by atoms with E-state index in [1.165, 1.54) is 26.6 Å². The molecule has 1 amide bonds. The van der Waals surface area contributed by atoms with Crippen LogP contribution in [-0.4, -0.2) is 52.2 Å². The minimum Gasteiger partial charge on any atom is -0.496 e.